The van der Waals surface area contributed by atoms with Gasteiger partial charge in [0.05, 0.1) is 11.9 Å². The van der Waals surface area contributed by atoms with E-state index in [4.69, 9.17) is 5.14 Å². The van der Waals surface area contributed by atoms with Crippen molar-refractivity contribution < 1.29 is 13.5 Å². The molecule has 0 saturated heterocycles. The summed E-state index contributed by atoms with van der Waals surface area (Å²) in [5, 5.41) is 17.4. The number of rotatable bonds is 5. The molecule has 0 heterocycles. The number of nitrogens with two attached hydrogens (primary N) is 1. The van der Waals surface area contributed by atoms with Crippen LogP contribution >= 0.6 is 0 Å². The van der Waals surface area contributed by atoms with Gasteiger partial charge in [0, 0.05) is 6.54 Å². The lowest BCUT2D eigenvalue weighted by Gasteiger charge is -2.25. The molecule has 0 spiro atoms. The lowest BCUT2D eigenvalue weighted by atomic mass is 9.87. The second-order valence-corrected chi connectivity index (χ2v) is 5.99. The quantitative estimate of drug-likeness (QED) is 0.557. The third kappa shape index (κ3) is 6.09. The summed E-state index contributed by atoms with van der Waals surface area (Å²) in [6.45, 7) is 1.16. The van der Waals surface area contributed by atoms with Gasteiger partial charge in [0.2, 0.25) is 10.0 Å². The van der Waals surface area contributed by atoms with E-state index in [1.807, 2.05) is 0 Å². The molecule has 0 aromatic carbocycles. The molecule has 0 aliphatic heterocycles. The van der Waals surface area contributed by atoms with E-state index in [0.29, 0.717) is 12.5 Å². The summed E-state index contributed by atoms with van der Waals surface area (Å²) in [5.74, 6) is 0.441. The van der Waals surface area contributed by atoms with E-state index in [1.165, 1.54) is 0 Å². The van der Waals surface area contributed by atoms with Crippen LogP contribution in [0.3, 0.4) is 0 Å². The zero-order valence-corrected chi connectivity index (χ0v) is 9.67. The van der Waals surface area contributed by atoms with Crippen LogP contribution < -0.4 is 10.5 Å². The van der Waals surface area contributed by atoms with Crippen molar-refractivity contribution in [2.45, 2.75) is 31.8 Å². The van der Waals surface area contributed by atoms with Crippen molar-refractivity contribution >= 4 is 10.0 Å². The van der Waals surface area contributed by atoms with E-state index in [-0.39, 0.29) is 11.9 Å². The maximum Gasteiger partial charge on any atom is 0.210 e. The molecule has 4 N–H and O–H groups in total. The average Bonchev–Trinajstić information content (AvgIpc) is 2.11. The predicted molar refractivity (Wildman–Crippen MR) is 58.8 cm³/mol. The van der Waals surface area contributed by atoms with Gasteiger partial charge >= 0.3 is 0 Å². The van der Waals surface area contributed by atoms with Gasteiger partial charge in [0.25, 0.3) is 0 Å². The summed E-state index contributed by atoms with van der Waals surface area (Å²) in [5.41, 5.74) is 0. The van der Waals surface area contributed by atoms with Crippen molar-refractivity contribution in [3.8, 4) is 0 Å². The summed E-state index contributed by atoms with van der Waals surface area (Å²) in [6, 6.07) is 0. The molecule has 1 aliphatic rings. The number of nitrogens with one attached hydrogen (secondary N) is 1. The van der Waals surface area contributed by atoms with Gasteiger partial charge in [0.1, 0.15) is 0 Å². The number of aliphatic hydroxyl groups is 1. The highest BCUT2D eigenvalue weighted by Gasteiger charge is 2.19. The SMILES string of the molecule is NS(=O)(=O)CCNCC1CCCC(O)C1. The summed E-state index contributed by atoms with van der Waals surface area (Å²) >= 11 is 0. The molecule has 5 nitrogen and oxygen atoms in total. The second-order valence-electron chi connectivity index (χ2n) is 4.26. The van der Waals surface area contributed by atoms with Crippen LogP contribution in [0.5, 0.6) is 0 Å². The highest BCUT2D eigenvalue weighted by Crippen LogP contribution is 2.23. The van der Waals surface area contributed by atoms with E-state index in [1.54, 1.807) is 0 Å². The molecular formula is C9H20N2O3S. The first-order valence-electron chi connectivity index (χ1n) is 5.36. The maximum atomic E-state index is 10.6. The predicted octanol–water partition coefficient (Wildman–Crippen LogP) is -0.584. The van der Waals surface area contributed by atoms with Crippen LogP contribution in [0.15, 0.2) is 0 Å². The fraction of sp³-hybridized carbons (Fsp3) is 1.00. The van der Waals surface area contributed by atoms with Gasteiger partial charge < -0.3 is 10.4 Å². The molecule has 90 valence electrons. The maximum absolute atomic E-state index is 10.6. The molecule has 0 bridgehead atoms. The van der Waals surface area contributed by atoms with Crippen LogP contribution in [0, 0.1) is 5.92 Å². The Kier molecular flexibility index (Phi) is 4.98. The van der Waals surface area contributed by atoms with Gasteiger partial charge in [0.15, 0.2) is 0 Å². The molecule has 2 unspecified atom stereocenters. The van der Waals surface area contributed by atoms with Crippen molar-refractivity contribution in [1.82, 2.24) is 5.32 Å². The van der Waals surface area contributed by atoms with Crippen molar-refractivity contribution in [2.75, 3.05) is 18.8 Å². The molecule has 1 saturated carbocycles. The normalized spacial score (nSPS) is 27.9. The molecule has 0 aromatic heterocycles. The van der Waals surface area contributed by atoms with Crippen molar-refractivity contribution in [3.63, 3.8) is 0 Å². The average molecular weight is 236 g/mol. The lowest BCUT2D eigenvalue weighted by molar-refractivity contribution is 0.101. The molecule has 1 aliphatic carbocycles. The Bertz CT molecular complexity index is 279. The Morgan fingerprint density at radius 2 is 2.13 bits per heavy atom. The van der Waals surface area contributed by atoms with Gasteiger partial charge in [-0.05, 0) is 31.7 Å². The van der Waals surface area contributed by atoms with Gasteiger partial charge in [-0.15, -0.1) is 0 Å². The Morgan fingerprint density at radius 1 is 1.40 bits per heavy atom. The first-order chi connectivity index (χ1) is 6.97. The fourth-order valence-corrected chi connectivity index (χ4v) is 2.40. The molecule has 15 heavy (non-hydrogen) atoms. The minimum atomic E-state index is -3.35. The van der Waals surface area contributed by atoms with Gasteiger partial charge in [-0.3, -0.25) is 0 Å². The monoisotopic (exact) mass is 236 g/mol. The second kappa shape index (κ2) is 5.79. The van der Waals surface area contributed by atoms with E-state index >= 15 is 0 Å². The standard InChI is InChI=1S/C9H20N2O3S/c10-15(13,14)5-4-11-7-8-2-1-3-9(12)6-8/h8-9,11-12H,1-7H2,(H2,10,13,14). The van der Waals surface area contributed by atoms with E-state index in [2.05, 4.69) is 5.32 Å². The summed E-state index contributed by atoms with van der Waals surface area (Å²) in [6.07, 6.45) is 3.71. The van der Waals surface area contributed by atoms with Crippen LogP contribution in [-0.2, 0) is 10.0 Å². The number of hydrogen-bond donors (Lipinski definition) is 3. The van der Waals surface area contributed by atoms with E-state index in [0.717, 1.165) is 32.2 Å². The Morgan fingerprint density at radius 3 is 2.73 bits per heavy atom. The van der Waals surface area contributed by atoms with Crippen LogP contribution in [-0.4, -0.2) is 38.5 Å². The molecule has 6 heteroatoms. The minimum Gasteiger partial charge on any atom is -0.393 e. The van der Waals surface area contributed by atoms with Crippen LogP contribution in [0.2, 0.25) is 0 Å². The number of sulfonamides is 1. The third-order valence-electron chi connectivity index (χ3n) is 2.75. The minimum absolute atomic E-state index is 0.0255. The zero-order chi connectivity index (χ0) is 11.3. The number of hydrogen-bond acceptors (Lipinski definition) is 4. The largest absolute Gasteiger partial charge is 0.393 e. The fourth-order valence-electron chi connectivity index (χ4n) is 1.97. The Balaban J connectivity index is 2.09. The molecule has 0 amide bonds. The topological polar surface area (TPSA) is 92.4 Å². The molecular weight excluding hydrogens is 216 g/mol. The van der Waals surface area contributed by atoms with Gasteiger partial charge in [-0.1, -0.05) is 6.42 Å². The zero-order valence-electron chi connectivity index (χ0n) is 8.85. The third-order valence-corrected chi connectivity index (χ3v) is 3.52. The first-order valence-corrected chi connectivity index (χ1v) is 7.08. The summed E-state index contributed by atoms with van der Waals surface area (Å²) in [7, 11) is -3.35. The van der Waals surface area contributed by atoms with Crippen molar-refractivity contribution in [3.05, 3.63) is 0 Å². The van der Waals surface area contributed by atoms with Crippen molar-refractivity contribution in [1.29, 1.82) is 0 Å². The first kappa shape index (κ1) is 12.9. The summed E-state index contributed by atoms with van der Waals surface area (Å²) < 4.78 is 21.3. The molecule has 1 fully saturated rings. The lowest BCUT2D eigenvalue weighted by Crippen LogP contribution is -2.33. The van der Waals surface area contributed by atoms with Gasteiger partial charge in [-0.25, -0.2) is 13.6 Å². The number of aliphatic hydroxyl groups excluding tert-OH is 1. The molecule has 1 rings (SSSR count). The Labute approximate surface area is 91.1 Å². The smallest absolute Gasteiger partial charge is 0.210 e. The number of primary sulfonamides is 1. The van der Waals surface area contributed by atoms with Gasteiger partial charge in [-0.2, -0.15) is 0 Å². The van der Waals surface area contributed by atoms with Crippen LogP contribution in [0.4, 0.5) is 0 Å². The Hall–Kier alpha value is -0.170. The van der Waals surface area contributed by atoms with Crippen molar-refractivity contribution in [2.24, 2.45) is 11.1 Å². The highest BCUT2D eigenvalue weighted by atomic mass is 32.2. The van der Waals surface area contributed by atoms with Crippen LogP contribution in [0.1, 0.15) is 25.7 Å². The van der Waals surface area contributed by atoms with E-state index < -0.39 is 10.0 Å². The molecule has 2 atom stereocenters. The van der Waals surface area contributed by atoms with Crippen LogP contribution in [0.25, 0.3) is 0 Å². The summed E-state index contributed by atoms with van der Waals surface area (Å²) in [4.78, 5) is 0. The highest BCUT2D eigenvalue weighted by molar-refractivity contribution is 7.89. The molecule has 0 aromatic rings. The molecule has 0 radical (unpaired) electrons. The van der Waals surface area contributed by atoms with E-state index in [9.17, 15) is 13.5 Å².